The van der Waals surface area contributed by atoms with Gasteiger partial charge in [0, 0.05) is 23.8 Å². The molecule has 0 radical (unpaired) electrons. The van der Waals surface area contributed by atoms with Gasteiger partial charge in [0.1, 0.15) is 5.75 Å². The van der Waals surface area contributed by atoms with Crippen LogP contribution >= 0.6 is 0 Å². The molecule has 1 aliphatic rings. The van der Waals surface area contributed by atoms with E-state index in [-0.39, 0.29) is 18.2 Å². The maximum Gasteiger partial charge on any atom is 0.415 e. The topological polar surface area (TPSA) is 67.9 Å². The first kappa shape index (κ1) is 19.1. The van der Waals surface area contributed by atoms with Crippen LogP contribution in [0.15, 0.2) is 24.3 Å². The van der Waals surface area contributed by atoms with Crippen LogP contribution in [0, 0.1) is 0 Å². The van der Waals surface area contributed by atoms with Crippen LogP contribution in [-0.2, 0) is 4.74 Å². The summed E-state index contributed by atoms with van der Waals surface area (Å²) in [5.74, 6) is 0.403. The van der Waals surface area contributed by atoms with Gasteiger partial charge in [0.15, 0.2) is 0 Å². The fourth-order valence-corrected chi connectivity index (χ4v) is 3.22. The normalized spacial score (nSPS) is 14.9. The summed E-state index contributed by atoms with van der Waals surface area (Å²) in [6.07, 6.45) is 4.72. The van der Waals surface area contributed by atoms with Crippen LogP contribution in [-0.4, -0.2) is 35.8 Å². The number of ether oxygens (including phenoxy) is 2. The monoisotopic (exact) mass is 348 g/mol. The molecule has 0 atom stereocenters. The molecule has 1 aromatic rings. The van der Waals surface area contributed by atoms with Crippen LogP contribution in [0.2, 0.25) is 0 Å². The Morgan fingerprint density at radius 1 is 1.24 bits per heavy atom. The van der Waals surface area contributed by atoms with E-state index in [1.54, 1.807) is 31.2 Å². The van der Waals surface area contributed by atoms with Gasteiger partial charge in [0.25, 0.3) is 0 Å². The second kappa shape index (κ2) is 9.30. The Bertz CT molecular complexity index is 583. The summed E-state index contributed by atoms with van der Waals surface area (Å²) < 4.78 is 10.4. The number of hydrogen-bond acceptors (Lipinski definition) is 4. The highest BCUT2D eigenvalue weighted by Gasteiger charge is 2.29. The minimum atomic E-state index is -0.531. The van der Waals surface area contributed by atoms with Crippen molar-refractivity contribution in [3.63, 3.8) is 0 Å². The van der Waals surface area contributed by atoms with Crippen molar-refractivity contribution >= 4 is 17.9 Å². The Labute approximate surface area is 149 Å². The van der Waals surface area contributed by atoms with Gasteiger partial charge in [-0.15, -0.1) is 0 Å². The van der Waals surface area contributed by atoms with Crippen LogP contribution in [0.3, 0.4) is 0 Å². The number of benzene rings is 1. The SMILES string of the molecule is CCOC(=O)Nc1cccc(OC(=O)N(C(C)C)C2CCCCC2)c1. The third kappa shape index (κ3) is 5.66. The van der Waals surface area contributed by atoms with Gasteiger partial charge in [-0.3, -0.25) is 5.32 Å². The highest BCUT2D eigenvalue weighted by Crippen LogP contribution is 2.26. The first-order chi connectivity index (χ1) is 12.0. The zero-order chi connectivity index (χ0) is 18.2. The lowest BCUT2D eigenvalue weighted by atomic mass is 9.94. The quantitative estimate of drug-likeness (QED) is 0.830. The molecule has 0 bridgehead atoms. The van der Waals surface area contributed by atoms with E-state index in [2.05, 4.69) is 5.32 Å². The largest absolute Gasteiger partial charge is 0.450 e. The summed E-state index contributed by atoms with van der Waals surface area (Å²) >= 11 is 0. The van der Waals surface area contributed by atoms with Gasteiger partial charge in [-0.2, -0.15) is 0 Å². The van der Waals surface area contributed by atoms with Gasteiger partial charge in [0.05, 0.1) is 6.61 Å². The van der Waals surface area contributed by atoms with Crippen molar-refractivity contribution < 1.29 is 19.1 Å². The van der Waals surface area contributed by atoms with Crippen molar-refractivity contribution in [3.05, 3.63) is 24.3 Å². The van der Waals surface area contributed by atoms with Gasteiger partial charge in [-0.25, -0.2) is 9.59 Å². The van der Waals surface area contributed by atoms with Crippen LogP contribution < -0.4 is 10.1 Å². The standard InChI is InChI=1S/C19H28N2O4/c1-4-24-18(22)20-15-9-8-12-17(13-15)25-19(23)21(14(2)3)16-10-6-5-7-11-16/h8-9,12-14,16H,4-7,10-11H2,1-3H3,(H,20,22). The van der Waals surface area contributed by atoms with E-state index >= 15 is 0 Å². The van der Waals surface area contributed by atoms with Crippen LogP contribution in [0.1, 0.15) is 52.9 Å². The summed E-state index contributed by atoms with van der Waals surface area (Å²) in [6.45, 7) is 6.05. The molecule has 138 valence electrons. The van der Waals surface area contributed by atoms with E-state index in [9.17, 15) is 9.59 Å². The second-order valence-corrected chi connectivity index (χ2v) is 6.53. The molecule has 2 amide bonds. The first-order valence-electron chi connectivity index (χ1n) is 9.05. The van der Waals surface area contributed by atoms with Gasteiger partial charge in [-0.05, 0) is 45.7 Å². The third-order valence-corrected chi connectivity index (χ3v) is 4.30. The van der Waals surface area contributed by atoms with E-state index in [4.69, 9.17) is 9.47 Å². The molecule has 1 fully saturated rings. The average molecular weight is 348 g/mol. The molecule has 0 aliphatic heterocycles. The van der Waals surface area contributed by atoms with E-state index in [1.807, 2.05) is 18.7 Å². The van der Waals surface area contributed by atoms with Gasteiger partial charge < -0.3 is 14.4 Å². The number of carbonyl (C=O) groups is 2. The van der Waals surface area contributed by atoms with E-state index in [1.165, 1.54) is 6.42 Å². The smallest absolute Gasteiger partial charge is 0.415 e. The minimum Gasteiger partial charge on any atom is -0.450 e. The minimum absolute atomic E-state index is 0.0800. The Morgan fingerprint density at radius 2 is 1.96 bits per heavy atom. The molecule has 1 N–H and O–H groups in total. The molecule has 1 aliphatic carbocycles. The van der Waals surface area contributed by atoms with E-state index in [0.29, 0.717) is 18.0 Å². The maximum absolute atomic E-state index is 12.7. The van der Waals surface area contributed by atoms with Crippen molar-refractivity contribution in [1.82, 2.24) is 4.90 Å². The number of anilines is 1. The molecule has 0 heterocycles. The van der Waals surface area contributed by atoms with Crippen LogP contribution in [0.5, 0.6) is 5.75 Å². The van der Waals surface area contributed by atoms with Crippen molar-refractivity contribution in [2.75, 3.05) is 11.9 Å². The number of carbonyl (C=O) groups excluding carboxylic acids is 2. The molecule has 0 unspecified atom stereocenters. The van der Waals surface area contributed by atoms with Crippen molar-refractivity contribution in [2.45, 2.75) is 65.0 Å². The lowest BCUT2D eigenvalue weighted by Crippen LogP contribution is -2.47. The summed E-state index contributed by atoms with van der Waals surface area (Å²) in [7, 11) is 0. The summed E-state index contributed by atoms with van der Waals surface area (Å²) in [5.41, 5.74) is 0.525. The number of rotatable bonds is 5. The molecule has 25 heavy (non-hydrogen) atoms. The highest BCUT2D eigenvalue weighted by molar-refractivity contribution is 5.85. The van der Waals surface area contributed by atoms with E-state index in [0.717, 1.165) is 25.7 Å². The first-order valence-corrected chi connectivity index (χ1v) is 9.05. The third-order valence-electron chi connectivity index (χ3n) is 4.30. The average Bonchev–Trinajstić information content (AvgIpc) is 2.56. The molecule has 0 aromatic heterocycles. The van der Waals surface area contributed by atoms with Crippen molar-refractivity contribution in [1.29, 1.82) is 0 Å². The Hall–Kier alpha value is -2.24. The molecule has 1 saturated carbocycles. The summed E-state index contributed by atoms with van der Waals surface area (Å²) in [4.78, 5) is 26.0. The van der Waals surface area contributed by atoms with Gasteiger partial charge in [-0.1, -0.05) is 25.3 Å². The summed E-state index contributed by atoms with van der Waals surface area (Å²) in [6, 6.07) is 7.08. The van der Waals surface area contributed by atoms with Gasteiger partial charge in [0.2, 0.25) is 0 Å². The van der Waals surface area contributed by atoms with Crippen molar-refractivity contribution in [2.24, 2.45) is 0 Å². The number of hydrogen-bond donors (Lipinski definition) is 1. The van der Waals surface area contributed by atoms with Gasteiger partial charge >= 0.3 is 12.2 Å². The predicted octanol–water partition coefficient (Wildman–Crippen LogP) is 4.80. The zero-order valence-electron chi connectivity index (χ0n) is 15.3. The lowest BCUT2D eigenvalue weighted by Gasteiger charge is -2.36. The predicted molar refractivity (Wildman–Crippen MR) is 97.0 cm³/mol. The molecule has 0 saturated heterocycles. The molecule has 6 heteroatoms. The molecule has 0 spiro atoms. The Balaban J connectivity index is 2.03. The fraction of sp³-hybridized carbons (Fsp3) is 0.579. The molecular weight excluding hydrogens is 320 g/mol. The van der Waals surface area contributed by atoms with Crippen molar-refractivity contribution in [3.8, 4) is 5.75 Å². The summed E-state index contributed by atoms with van der Waals surface area (Å²) in [5, 5.41) is 2.61. The second-order valence-electron chi connectivity index (χ2n) is 6.53. The molecule has 2 rings (SSSR count). The lowest BCUT2D eigenvalue weighted by molar-refractivity contribution is 0.0990. The van der Waals surface area contributed by atoms with Crippen LogP contribution in [0.4, 0.5) is 15.3 Å². The number of nitrogens with one attached hydrogen (secondary N) is 1. The number of nitrogens with zero attached hydrogens (tertiary/aromatic N) is 1. The zero-order valence-corrected chi connectivity index (χ0v) is 15.3. The fourth-order valence-electron chi connectivity index (χ4n) is 3.22. The molecular formula is C19H28N2O4. The molecule has 1 aromatic carbocycles. The number of amides is 2. The molecule has 6 nitrogen and oxygen atoms in total. The Morgan fingerprint density at radius 3 is 2.60 bits per heavy atom. The Kier molecular flexibility index (Phi) is 7.10. The van der Waals surface area contributed by atoms with E-state index < -0.39 is 6.09 Å². The maximum atomic E-state index is 12.7. The van der Waals surface area contributed by atoms with Crippen LogP contribution in [0.25, 0.3) is 0 Å². The highest BCUT2D eigenvalue weighted by atomic mass is 16.6.